The summed E-state index contributed by atoms with van der Waals surface area (Å²) in [6, 6.07) is 4.67. The van der Waals surface area contributed by atoms with E-state index in [9.17, 15) is 8.42 Å². The average molecular weight is 379 g/mol. The number of hydrogen-bond acceptors (Lipinski definition) is 5. The molecule has 1 aliphatic heterocycles. The monoisotopic (exact) mass is 379 g/mol. The Balaban J connectivity index is 1.55. The van der Waals surface area contributed by atoms with Crippen LogP contribution in [0.3, 0.4) is 0 Å². The molecular formula is C18H26BNO5S. The molecule has 0 radical (unpaired) electrons. The molecule has 1 aromatic rings. The van der Waals surface area contributed by atoms with Gasteiger partial charge in [0.15, 0.2) is 0 Å². The van der Waals surface area contributed by atoms with Crippen LogP contribution in [0.15, 0.2) is 23.1 Å². The van der Waals surface area contributed by atoms with Gasteiger partial charge in [0, 0.05) is 12.4 Å². The van der Waals surface area contributed by atoms with Crippen LogP contribution in [-0.2, 0) is 25.7 Å². The van der Waals surface area contributed by atoms with E-state index in [2.05, 4.69) is 20.8 Å². The molecule has 1 saturated heterocycles. The van der Waals surface area contributed by atoms with Crippen LogP contribution in [0.25, 0.3) is 0 Å². The summed E-state index contributed by atoms with van der Waals surface area (Å²) in [7, 11) is -2.60. The zero-order valence-corrected chi connectivity index (χ0v) is 16.5. The molecule has 142 valence electrons. The molecule has 6 nitrogen and oxygen atoms in total. The lowest BCUT2D eigenvalue weighted by atomic mass is 9.43. The second-order valence-corrected chi connectivity index (χ2v) is 10.2. The van der Waals surface area contributed by atoms with E-state index < -0.39 is 10.0 Å². The van der Waals surface area contributed by atoms with Crippen molar-refractivity contribution in [2.75, 3.05) is 7.11 Å². The van der Waals surface area contributed by atoms with Gasteiger partial charge in [-0.2, -0.15) is 0 Å². The van der Waals surface area contributed by atoms with E-state index in [1.807, 2.05) is 0 Å². The number of sulfonamides is 1. The molecule has 4 atom stereocenters. The van der Waals surface area contributed by atoms with Gasteiger partial charge in [0.1, 0.15) is 5.75 Å². The van der Waals surface area contributed by atoms with Crippen molar-refractivity contribution < 1.29 is 22.5 Å². The van der Waals surface area contributed by atoms with E-state index in [1.54, 1.807) is 6.07 Å². The number of methoxy groups -OCH3 is 1. The summed E-state index contributed by atoms with van der Waals surface area (Å²) < 4.78 is 41.1. The Morgan fingerprint density at radius 2 is 2.04 bits per heavy atom. The highest BCUT2D eigenvalue weighted by Gasteiger charge is 2.67. The zero-order chi connectivity index (χ0) is 18.9. The van der Waals surface area contributed by atoms with Crippen molar-refractivity contribution in [1.29, 1.82) is 0 Å². The van der Waals surface area contributed by atoms with Crippen LogP contribution in [0.4, 0.5) is 0 Å². The first kappa shape index (κ1) is 18.3. The fraction of sp³-hybridized carbons (Fsp3) is 0.667. The minimum absolute atomic E-state index is 0.0366. The molecule has 3 saturated carbocycles. The number of benzene rings is 1. The molecule has 0 aromatic heterocycles. The number of rotatable bonds is 4. The Hall–Kier alpha value is -1.09. The molecule has 8 heteroatoms. The Labute approximate surface area is 155 Å². The molecule has 26 heavy (non-hydrogen) atoms. The van der Waals surface area contributed by atoms with Crippen molar-refractivity contribution in [3.8, 4) is 5.75 Å². The fourth-order valence-corrected chi connectivity index (χ4v) is 5.82. The van der Waals surface area contributed by atoms with E-state index in [0.717, 1.165) is 12.0 Å². The van der Waals surface area contributed by atoms with Crippen LogP contribution in [0.1, 0.15) is 39.2 Å². The molecular weight excluding hydrogens is 353 g/mol. The highest BCUT2D eigenvalue weighted by atomic mass is 32.2. The van der Waals surface area contributed by atoms with Crippen LogP contribution < -0.4 is 9.88 Å². The first-order chi connectivity index (χ1) is 12.1. The summed E-state index contributed by atoms with van der Waals surface area (Å²) in [5, 5.41) is 5.20. The lowest BCUT2D eigenvalue weighted by Gasteiger charge is -2.64. The maximum Gasteiger partial charge on any atom is 0.462 e. The zero-order valence-electron chi connectivity index (χ0n) is 15.7. The second kappa shape index (κ2) is 5.71. The largest absolute Gasteiger partial charge is 0.496 e. The molecule has 1 aromatic carbocycles. The van der Waals surface area contributed by atoms with Crippen molar-refractivity contribution in [2.45, 2.75) is 56.5 Å². The van der Waals surface area contributed by atoms with Gasteiger partial charge < -0.3 is 14.0 Å². The highest BCUT2D eigenvalue weighted by Crippen LogP contribution is 2.65. The first-order valence-electron chi connectivity index (χ1n) is 9.08. The van der Waals surface area contributed by atoms with Crippen LogP contribution in [0, 0.1) is 17.3 Å². The second-order valence-electron chi connectivity index (χ2n) is 8.62. The fourth-order valence-electron chi connectivity index (χ4n) is 5.29. The van der Waals surface area contributed by atoms with Crippen LogP contribution in [0.2, 0.25) is 0 Å². The number of hydrogen-bond donors (Lipinski definition) is 1. The summed E-state index contributed by atoms with van der Waals surface area (Å²) in [5.74, 6) is 1.69. The average Bonchev–Trinajstić information content (AvgIpc) is 2.89. The molecule has 0 spiro atoms. The van der Waals surface area contributed by atoms with E-state index in [1.165, 1.54) is 25.7 Å². The third kappa shape index (κ3) is 2.61. The quantitative estimate of drug-likeness (QED) is 0.810. The van der Waals surface area contributed by atoms with Gasteiger partial charge in [0.05, 0.1) is 23.7 Å². The highest BCUT2D eigenvalue weighted by molar-refractivity contribution is 7.89. The van der Waals surface area contributed by atoms with Gasteiger partial charge in [-0.05, 0) is 48.6 Å². The first-order valence-corrected chi connectivity index (χ1v) is 10.6. The summed E-state index contributed by atoms with van der Waals surface area (Å²) in [5.41, 5.74) is 0.897. The third-order valence-corrected chi connectivity index (χ3v) is 7.89. The lowest BCUT2D eigenvalue weighted by Crippen LogP contribution is -2.65. The summed E-state index contributed by atoms with van der Waals surface area (Å²) in [6.07, 6.45) is 2.89. The molecule has 2 bridgehead atoms. The molecule has 0 amide bonds. The normalized spacial score (nSPS) is 35.0. The Morgan fingerprint density at radius 1 is 1.31 bits per heavy atom. The molecule has 3 aliphatic carbocycles. The standard InChI is InChI=1S/C18H26BNO5S/c1-17(2)12-7-15(17)18(3)16(8-12)24-19(25-18)10-11-5-6-13(26(20,21)22)9-14(11)23-4/h5-6,9,12,15-16H,7-8,10H2,1-4H3,(H2,20,21,22)/t12?,15-,16?,18-/m0/s1. The van der Waals surface area contributed by atoms with Crippen LogP contribution >= 0.6 is 0 Å². The van der Waals surface area contributed by atoms with Gasteiger partial charge in [-0.25, -0.2) is 13.6 Å². The maximum atomic E-state index is 11.5. The maximum absolute atomic E-state index is 11.5. The van der Waals surface area contributed by atoms with E-state index in [0.29, 0.717) is 29.3 Å². The molecule has 4 aliphatic rings. The molecule has 2 N–H and O–H groups in total. The van der Waals surface area contributed by atoms with Gasteiger partial charge in [-0.15, -0.1) is 0 Å². The Kier molecular flexibility index (Phi) is 4.01. The minimum Gasteiger partial charge on any atom is -0.496 e. The van der Waals surface area contributed by atoms with E-state index in [-0.39, 0.29) is 23.7 Å². The predicted octanol–water partition coefficient (Wildman–Crippen LogP) is 2.15. The predicted molar refractivity (Wildman–Crippen MR) is 98.2 cm³/mol. The van der Waals surface area contributed by atoms with Crippen LogP contribution in [0.5, 0.6) is 5.75 Å². The lowest BCUT2D eigenvalue weighted by molar-refractivity contribution is -0.199. The molecule has 5 rings (SSSR count). The topological polar surface area (TPSA) is 87.9 Å². The Bertz CT molecular complexity index is 842. The number of nitrogens with two attached hydrogens (primary N) is 1. The van der Waals surface area contributed by atoms with Crippen molar-refractivity contribution in [1.82, 2.24) is 0 Å². The van der Waals surface area contributed by atoms with Gasteiger partial charge in [-0.3, -0.25) is 0 Å². The van der Waals surface area contributed by atoms with Gasteiger partial charge >= 0.3 is 7.12 Å². The summed E-state index contributed by atoms with van der Waals surface area (Å²) in [6.45, 7) is 6.85. The smallest absolute Gasteiger partial charge is 0.462 e. The molecule has 4 fully saturated rings. The number of primary sulfonamides is 1. The Morgan fingerprint density at radius 3 is 2.65 bits per heavy atom. The minimum atomic E-state index is -3.76. The van der Waals surface area contributed by atoms with E-state index >= 15 is 0 Å². The van der Waals surface area contributed by atoms with E-state index in [4.69, 9.17) is 19.2 Å². The summed E-state index contributed by atoms with van der Waals surface area (Å²) >= 11 is 0. The molecule has 1 heterocycles. The van der Waals surface area contributed by atoms with Crippen molar-refractivity contribution in [3.63, 3.8) is 0 Å². The third-order valence-electron chi connectivity index (χ3n) is 6.98. The van der Waals surface area contributed by atoms with Gasteiger partial charge in [0.25, 0.3) is 0 Å². The van der Waals surface area contributed by atoms with Gasteiger partial charge in [0.2, 0.25) is 10.0 Å². The molecule has 2 unspecified atom stereocenters. The summed E-state index contributed by atoms with van der Waals surface area (Å²) in [4.78, 5) is 0.0366. The van der Waals surface area contributed by atoms with Crippen LogP contribution in [-0.4, -0.2) is 34.4 Å². The SMILES string of the molecule is COc1cc(S(N)(=O)=O)ccc1CB1OC2CC3C[C@@H](C3(C)C)[C@]2(C)O1. The van der Waals surface area contributed by atoms with Gasteiger partial charge in [-0.1, -0.05) is 19.9 Å². The van der Waals surface area contributed by atoms with Crippen molar-refractivity contribution in [2.24, 2.45) is 22.4 Å². The van der Waals surface area contributed by atoms with Crippen molar-refractivity contribution >= 4 is 17.1 Å². The number of ether oxygens (including phenoxy) is 1. The van der Waals surface area contributed by atoms with Crippen molar-refractivity contribution in [3.05, 3.63) is 23.8 Å².